The van der Waals surface area contributed by atoms with Crippen LogP contribution in [0.4, 0.5) is 0 Å². The van der Waals surface area contributed by atoms with Crippen molar-refractivity contribution >= 4 is 25.0 Å². The van der Waals surface area contributed by atoms with Crippen LogP contribution in [0.2, 0.25) is 25.7 Å². The quantitative estimate of drug-likeness (QED) is 0.641. The molecule has 0 saturated heterocycles. The van der Waals surface area contributed by atoms with Gasteiger partial charge in [-0.05, 0) is 0 Å². The van der Waals surface area contributed by atoms with Gasteiger partial charge in [-0.15, -0.1) is 0 Å². The van der Waals surface area contributed by atoms with Crippen LogP contribution in [0.5, 0.6) is 0 Å². The number of hydrogen-bond acceptors (Lipinski definition) is 2. The van der Waals surface area contributed by atoms with Crippen LogP contribution in [0, 0.1) is 0 Å². The zero-order valence-electron chi connectivity index (χ0n) is 9.02. The molecular formula is C9H20OSSi. The van der Waals surface area contributed by atoms with E-state index < -0.39 is 8.07 Å². The second kappa shape index (κ2) is 3.96. The normalized spacial score (nSPS) is 13.2. The van der Waals surface area contributed by atoms with Crippen molar-refractivity contribution in [3.63, 3.8) is 0 Å². The first-order valence-corrected chi connectivity index (χ1v) is 8.84. The molecule has 0 N–H and O–H groups in total. The number of carbonyl (C=O) groups is 1. The molecule has 0 fully saturated rings. The summed E-state index contributed by atoms with van der Waals surface area (Å²) in [6.07, 6.45) is 0. The third-order valence-corrected chi connectivity index (χ3v) is 3.72. The fourth-order valence-corrected chi connectivity index (χ4v) is 3.95. The number of carbonyl (C=O) groups excluding carboxylic acids is 1. The Bertz CT molecular complexity index is 146. The molecule has 0 bridgehead atoms. The van der Waals surface area contributed by atoms with Crippen molar-refractivity contribution < 1.29 is 4.79 Å². The molecule has 0 radical (unpaired) electrons. The summed E-state index contributed by atoms with van der Waals surface area (Å²) in [6.45, 7) is 12.9. The van der Waals surface area contributed by atoms with Crippen LogP contribution in [0.15, 0.2) is 0 Å². The van der Waals surface area contributed by atoms with Crippen LogP contribution < -0.4 is 0 Å². The third kappa shape index (κ3) is 8.33. The fraction of sp³-hybridized carbons (Fsp3) is 0.889. The van der Waals surface area contributed by atoms with E-state index >= 15 is 0 Å². The minimum atomic E-state index is -1.19. The summed E-state index contributed by atoms with van der Waals surface area (Å²) >= 11 is 1.48. The summed E-state index contributed by atoms with van der Waals surface area (Å²) in [5, 5.41) is 0.363. The van der Waals surface area contributed by atoms with E-state index in [0.717, 1.165) is 6.04 Å². The summed E-state index contributed by atoms with van der Waals surface area (Å²) in [7, 11) is -1.19. The zero-order chi connectivity index (χ0) is 9.99. The molecule has 0 aromatic rings. The molecule has 0 aromatic carbocycles. The standard InChI is InChI=1S/C9H20OSSi/c1-9(2,3)11-8(10)7-12(4,5)6/h7H2,1-6H3. The van der Waals surface area contributed by atoms with E-state index in [9.17, 15) is 4.79 Å². The van der Waals surface area contributed by atoms with Crippen molar-refractivity contribution in [1.82, 2.24) is 0 Å². The SMILES string of the molecule is CC(C)(C)SC(=O)C[Si](C)(C)C. The lowest BCUT2D eigenvalue weighted by atomic mass is 10.3. The Morgan fingerprint density at radius 1 is 1.25 bits per heavy atom. The lowest BCUT2D eigenvalue weighted by Gasteiger charge is -2.19. The number of thioether (sulfide) groups is 1. The molecule has 0 atom stereocenters. The molecule has 0 aromatic heterocycles. The highest BCUT2D eigenvalue weighted by molar-refractivity contribution is 8.14. The maximum Gasteiger partial charge on any atom is 0.186 e. The van der Waals surface area contributed by atoms with E-state index in [1.807, 2.05) is 0 Å². The molecular weight excluding hydrogens is 184 g/mol. The van der Waals surface area contributed by atoms with Crippen LogP contribution >= 0.6 is 11.8 Å². The molecule has 0 unspecified atom stereocenters. The van der Waals surface area contributed by atoms with Crippen LogP contribution in [0.1, 0.15) is 20.8 Å². The van der Waals surface area contributed by atoms with Gasteiger partial charge >= 0.3 is 0 Å². The molecule has 1 nitrogen and oxygen atoms in total. The van der Waals surface area contributed by atoms with Gasteiger partial charge in [0.25, 0.3) is 0 Å². The minimum Gasteiger partial charge on any atom is -0.288 e. The van der Waals surface area contributed by atoms with Crippen molar-refractivity contribution in [2.24, 2.45) is 0 Å². The van der Waals surface area contributed by atoms with E-state index in [1.165, 1.54) is 11.8 Å². The summed E-state index contributed by atoms with van der Waals surface area (Å²) < 4.78 is 0.0801. The summed E-state index contributed by atoms with van der Waals surface area (Å²) in [4.78, 5) is 11.5. The predicted octanol–water partition coefficient (Wildman–Crippen LogP) is 3.38. The zero-order valence-corrected chi connectivity index (χ0v) is 10.8. The minimum absolute atomic E-state index is 0.0801. The van der Waals surface area contributed by atoms with E-state index in [4.69, 9.17) is 0 Å². The monoisotopic (exact) mass is 204 g/mol. The van der Waals surface area contributed by atoms with Crippen molar-refractivity contribution in [3.8, 4) is 0 Å². The Morgan fingerprint density at radius 3 is 1.92 bits per heavy atom. The first-order chi connectivity index (χ1) is 5.10. The fourth-order valence-electron chi connectivity index (χ4n) is 0.811. The lowest BCUT2D eigenvalue weighted by molar-refractivity contribution is -0.109. The third-order valence-electron chi connectivity index (χ3n) is 1.09. The lowest BCUT2D eigenvalue weighted by Crippen LogP contribution is -2.24. The molecule has 3 heteroatoms. The average Bonchev–Trinajstić information content (AvgIpc) is 1.49. The summed E-state index contributed by atoms with van der Waals surface area (Å²) in [5.41, 5.74) is 0. The van der Waals surface area contributed by atoms with E-state index in [0.29, 0.717) is 5.12 Å². The highest BCUT2D eigenvalue weighted by Crippen LogP contribution is 2.27. The van der Waals surface area contributed by atoms with E-state index in [-0.39, 0.29) is 4.75 Å². The Labute approximate surface area is 81.3 Å². The maximum atomic E-state index is 11.5. The molecule has 0 saturated carbocycles. The van der Waals surface area contributed by atoms with Crippen molar-refractivity contribution in [2.75, 3.05) is 0 Å². The van der Waals surface area contributed by atoms with E-state index in [1.54, 1.807) is 0 Å². The van der Waals surface area contributed by atoms with Gasteiger partial charge in [-0.1, -0.05) is 52.2 Å². The Hall–Kier alpha value is 0.237. The van der Waals surface area contributed by atoms with Crippen LogP contribution in [0.3, 0.4) is 0 Å². The molecule has 0 aliphatic rings. The smallest absolute Gasteiger partial charge is 0.186 e. The van der Waals surface area contributed by atoms with Gasteiger partial charge in [-0.3, -0.25) is 4.79 Å². The first-order valence-electron chi connectivity index (χ1n) is 4.32. The van der Waals surface area contributed by atoms with Gasteiger partial charge in [0.2, 0.25) is 0 Å². The summed E-state index contributed by atoms with van der Waals surface area (Å²) in [6, 6.07) is 0.801. The maximum absolute atomic E-state index is 11.5. The molecule has 0 aliphatic carbocycles. The predicted molar refractivity (Wildman–Crippen MR) is 60.5 cm³/mol. The molecule has 0 rings (SSSR count). The second-order valence-electron chi connectivity index (χ2n) is 5.32. The molecule has 0 heterocycles. The van der Waals surface area contributed by atoms with Crippen molar-refractivity contribution in [1.29, 1.82) is 0 Å². The Balaban J connectivity index is 3.92. The van der Waals surface area contributed by atoms with Crippen LogP contribution in [-0.2, 0) is 4.79 Å². The highest BCUT2D eigenvalue weighted by atomic mass is 32.2. The molecule has 72 valence electrons. The number of hydrogen-bond donors (Lipinski definition) is 0. The topological polar surface area (TPSA) is 17.1 Å². The van der Waals surface area contributed by atoms with Gasteiger partial charge in [0.1, 0.15) is 0 Å². The molecule has 12 heavy (non-hydrogen) atoms. The van der Waals surface area contributed by atoms with Crippen LogP contribution in [0.25, 0.3) is 0 Å². The molecule has 0 spiro atoms. The van der Waals surface area contributed by atoms with Gasteiger partial charge in [0.05, 0.1) is 8.07 Å². The van der Waals surface area contributed by atoms with Gasteiger partial charge in [0, 0.05) is 10.8 Å². The molecule has 0 aliphatic heterocycles. The van der Waals surface area contributed by atoms with Gasteiger partial charge in [0.15, 0.2) is 5.12 Å². The van der Waals surface area contributed by atoms with Gasteiger partial charge < -0.3 is 0 Å². The van der Waals surface area contributed by atoms with E-state index in [2.05, 4.69) is 40.4 Å². The van der Waals surface area contributed by atoms with Gasteiger partial charge in [-0.2, -0.15) is 0 Å². The van der Waals surface area contributed by atoms with Gasteiger partial charge in [-0.25, -0.2) is 0 Å². The summed E-state index contributed by atoms with van der Waals surface area (Å²) in [5.74, 6) is 0. The highest BCUT2D eigenvalue weighted by Gasteiger charge is 2.22. The average molecular weight is 204 g/mol. The first kappa shape index (κ1) is 12.2. The largest absolute Gasteiger partial charge is 0.288 e. The van der Waals surface area contributed by atoms with Crippen molar-refractivity contribution in [2.45, 2.75) is 51.2 Å². The van der Waals surface area contributed by atoms with Crippen LogP contribution in [-0.4, -0.2) is 17.9 Å². The second-order valence-corrected chi connectivity index (χ2v) is 12.7. The van der Waals surface area contributed by atoms with Crippen molar-refractivity contribution in [3.05, 3.63) is 0 Å². The Morgan fingerprint density at radius 2 is 1.67 bits per heavy atom. The molecule has 0 amide bonds. The number of rotatable bonds is 2. The Kier molecular flexibility index (Phi) is 4.04.